The Bertz CT molecular complexity index is 3210. The number of rotatable bonds is 7. The maximum absolute atomic E-state index is 5.33. The molecule has 3 heterocycles. The lowest BCUT2D eigenvalue weighted by atomic mass is 10.0. The van der Waals surface area contributed by atoms with Gasteiger partial charge in [-0.2, -0.15) is 0 Å². The molecule has 0 unspecified atom stereocenters. The molecule has 3 aromatic heterocycles. The molecule has 11 aromatic rings. The summed E-state index contributed by atoms with van der Waals surface area (Å²) in [5.41, 5.74) is 15.1. The van der Waals surface area contributed by atoms with Crippen LogP contribution in [0.25, 0.3) is 83.1 Å². The van der Waals surface area contributed by atoms with Gasteiger partial charge in [0.25, 0.3) is 0 Å². The first-order valence-electron chi connectivity index (χ1n) is 19.5. The SMILES string of the molecule is c1ccc(-c2ccc3nc(-c4ccccc4)c(-c4ccc(N(c5ccc(-n6c7ccccc7c7ccccc76)cc5)c5cccc6cccnc56)cc4)nc3c2)cc1. The molecule has 0 aliphatic rings. The molecule has 8 aromatic carbocycles. The van der Waals surface area contributed by atoms with Gasteiger partial charge >= 0.3 is 0 Å². The molecule has 0 saturated heterocycles. The smallest absolute Gasteiger partial charge is 0.0973 e. The molecule has 0 aliphatic heterocycles. The summed E-state index contributed by atoms with van der Waals surface area (Å²) >= 11 is 0. The van der Waals surface area contributed by atoms with Gasteiger partial charge in [0.2, 0.25) is 0 Å². The molecule has 5 nitrogen and oxygen atoms in total. The highest BCUT2D eigenvalue weighted by molar-refractivity contribution is 6.09. The van der Waals surface area contributed by atoms with E-state index >= 15 is 0 Å². The summed E-state index contributed by atoms with van der Waals surface area (Å²) < 4.78 is 2.35. The lowest BCUT2D eigenvalue weighted by Crippen LogP contribution is -2.11. The zero-order chi connectivity index (χ0) is 38.4. The third kappa shape index (κ3) is 5.76. The van der Waals surface area contributed by atoms with E-state index in [0.717, 1.165) is 78.3 Å². The molecule has 0 spiro atoms. The number of aromatic nitrogens is 4. The van der Waals surface area contributed by atoms with Crippen molar-refractivity contribution in [3.63, 3.8) is 0 Å². The number of para-hydroxylation sites is 3. The fourth-order valence-corrected chi connectivity index (χ4v) is 8.28. The maximum Gasteiger partial charge on any atom is 0.0973 e. The van der Waals surface area contributed by atoms with Crippen LogP contribution in [0.15, 0.2) is 212 Å². The van der Waals surface area contributed by atoms with Crippen molar-refractivity contribution in [2.75, 3.05) is 4.90 Å². The van der Waals surface area contributed by atoms with Gasteiger partial charge in [-0.05, 0) is 83.9 Å². The average Bonchev–Trinajstić information content (AvgIpc) is 3.64. The van der Waals surface area contributed by atoms with Crippen molar-refractivity contribution in [2.24, 2.45) is 0 Å². The summed E-state index contributed by atoms with van der Waals surface area (Å²) in [4.78, 5) is 17.7. The molecule has 0 fully saturated rings. The Kier molecular flexibility index (Phi) is 8.07. The highest BCUT2D eigenvalue weighted by Crippen LogP contribution is 2.41. The summed E-state index contributed by atoms with van der Waals surface area (Å²) in [6.07, 6.45) is 1.87. The van der Waals surface area contributed by atoms with E-state index in [0.29, 0.717) is 0 Å². The topological polar surface area (TPSA) is 46.8 Å². The Hall–Kier alpha value is -7.89. The average molecular weight is 742 g/mol. The second-order valence-corrected chi connectivity index (χ2v) is 14.5. The van der Waals surface area contributed by atoms with Gasteiger partial charge in [-0.25, -0.2) is 9.97 Å². The van der Waals surface area contributed by atoms with Crippen LogP contribution in [-0.2, 0) is 0 Å². The summed E-state index contributed by atoms with van der Waals surface area (Å²) in [7, 11) is 0. The Morgan fingerprint density at radius 3 is 1.64 bits per heavy atom. The number of hydrogen-bond acceptors (Lipinski definition) is 4. The first-order chi connectivity index (χ1) is 28.8. The van der Waals surface area contributed by atoms with E-state index in [-0.39, 0.29) is 0 Å². The highest BCUT2D eigenvalue weighted by atomic mass is 15.1. The molecular formula is C53H35N5. The van der Waals surface area contributed by atoms with E-state index in [2.05, 4.69) is 198 Å². The fraction of sp³-hybridized carbons (Fsp3) is 0. The maximum atomic E-state index is 5.33. The molecule has 272 valence electrons. The van der Waals surface area contributed by atoms with Crippen molar-refractivity contribution in [3.05, 3.63) is 212 Å². The Morgan fingerprint density at radius 1 is 0.397 bits per heavy atom. The number of hydrogen-bond donors (Lipinski definition) is 0. The monoisotopic (exact) mass is 741 g/mol. The Balaban J connectivity index is 1.04. The van der Waals surface area contributed by atoms with Crippen LogP contribution in [0.1, 0.15) is 0 Å². The third-order valence-corrected chi connectivity index (χ3v) is 11.0. The minimum absolute atomic E-state index is 0.837. The van der Waals surface area contributed by atoms with E-state index in [4.69, 9.17) is 15.0 Å². The Morgan fingerprint density at radius 2 is 0.948 bits per heavy atom. The lowest BCUT2D eigenvalue weighted by molar-refractivity contribution is 1.17. The van der Waals surface area contributed by atoms with Crippen molar-refractivity contribution in [1.29, 1.82) is 0 Å². The number of anilines is 3. The van der Waals surface area contributed by atoms with Crippen LogP contribution in [0.3, 0.4) is 0 Å². The second-order valence-electron chi connectivity index (χ2n) is 14.5. The van der Waals surface area contributed by atoms with E-state index < -0.39 is 0 Å². The predicted octanol–water partition coefficient (Wildman–Crippen LogP) is 13.7. The quantitative estimate of drug-likeness (QED) is 0.163. The fourth-order valence-electron chi connectivity index (χ4n) is 8.28. The van der Waals surface area contributed by atoms with Crippen LogP contribution in [0.5, 0.6) is 0 Å². The van der Waals surface area contributed by atoms with Crippen LogP contribution < -0.4 is 4.90 Å². The van der Waals surface area contributed by atoms with Gasteiger partial charge in [-0.15, -0.1) is 0 Å². The van der Waals surface area contributed by atoms with Crippen molar-refractivity contribution < 1.29 is 0 Å². The van der Waals surface area contributed by atoms with Crippen molar-refractivity contribution in [1.82, 2.24) is 19.5 Å². The number of benzene rings is 8. The number of nitrogens with zero attached hydrogens (tertiary/aromatic N) is 5. The molecule has 0 saturated carbocycles. The summed E-state index contributed by atoms with van der Waals surface area (Å²) in [6, 6.07) is 72.4. The highest BCUT2D eigenvalue weighted by Gasteiger charge is 2.19. The molecule has 0 atom stereocenters. The molecule has 5 heteroatoms. The van der Waals surface area contributed by atoms with Gasteiger partial charge in [0, 0.05) is 50.5 Å². The van der Waals surface area contributed by atoms with E-state index in [9.17, 15) is 0 Å². The van der Waals surface area contributed by atoms with Crippen LogP contribution in [-0.4, -0.2) is 19.5 Å². The third-order valence-electron chi connectivity index (χ3n) is 11.0. The molecule has 0 radical (unpaired) electrons. The van der Waals surface area contributed by atoms with Gasteiger partial charge in [0.15, 0.2) is 0 Å². The molecule has 0 bridgehead atoms. The standard InChI is InChI=1S/C53H35N5/c1-3-13-36(14-4-1)40-26-33-46-47(35-40)56-53(52(55-46)38-15-5-2-6-16-38)39-24-27-41(28-25-39)57(50-23-11-17-37-18-12-34-54-51(37)50)42-29-31-43(32-30-42)58-48-21-9-7-19-44(48)45-20-8-10-22-49(45)58/h1-35H. The largest absolute Gasteiger partial charge is 0.309 e. The lowest BCUT2D eigenvalue weighted by Gasteiger charge is -2.27. The summed E-state index contributed by atoms with van der Waals surface area (Å²) in [5, 5.41) is 3.57. The van der Waals surface area contributed by atoms with E-state index in [1.54, 1.807) is 0 Å². The molecule has 58 heavy (non-hydrogen) atoms. The second kappa shape index (κ2) is 14.0. The zero-order valence-electron chi connectivity index (χ0n) is 31.4. The van der Waals surface area contributed by atoms with Gasteiger partial charge in [-0.1, -0.05) is 133 Å². The minimum Gasteiger partial charge on any atom is -0.309 e. The Labute approximate surface area is 335 Å². The van der Waals surface area contributed by atoms with Crippen LogP contribution in [0.2, 0.25) is 0 Å². The molecular weight excluding hydrogens is 707 g/mol. The van der Waals surface area contributed by atoms with Crippen LogP contribution in [0, 0.1) is 0 Å². The van der Waals surface area contributed by atoms with E-state index in [1.165, 1.54) is 21.8 Å². The zero-order valence-corrected chi connectivity index (χ0v) is 31.4. The molecule has 0 amide bonds. The first-order valence-corrected chi connectivity index (χ1v) is 19.5. The van der Waals surface area contributed by atoms with Gasteiger partial charge in [0.1, 0.15) is 0 Å². The molecule has 0 aliphatic carbocycles. The summed E-state index contributed by atoms with van der Waals surface area (Å²) in [5.74, 6) is 0. The van der Waals surface area contributed by atoms with Crippen LogP contribution in [0.4, 0.5) is 17.1 Å². The minimum atomic E-state index is 0.837. The summed E-state index contributed by atoms with van der Waals surface area (Å²) in [6.45, 7) is 0. The normalized spacial score (nSPS) is 11.4. The number of pyridine rings is 1. The van der Waals surface area contributed by atoms with Gasteiger partial charge in [-0.3, -0.25) is 4.98 Å². The van der Waals surface area contributed by atoms with Crippen molar-refractivity contribution >= 4 is 60.8 Å². The first kappa shape index (κ1) is 33.4. The van der Waals surface area contributed by atoms with Gasteiger partial charge in [0.05, 0.1) is 44.7 Å². The van der Waals surface area contributed by atoms with Crippen LogP contribution >= 0.6 is 0 Å². The van der Waals surface area contributed by atoms with Crippen molar-refractivity contribution in [2.45, 2.75) is 0 Å². The van der Waals surface area contributed by atoms with Gasteiger partial charge < -0.3 is 9.47 Å². The predicted molar refractivity (Wildman–Crippen MR) is 240 cm³/mol. The van der Waals surface area contributed by atoms with Crippen molar-refractivity contribution in [3.8, 4) is 39.3 Å². The van der Waals surface area contributed by atoms with E-state index in [1.807, 2.05) is 24.4 Å². The molecule has 0 N–H and O–H groups in total. The molecule has 11 rings (SSSR count). The number of fused-ring (bicyclic) bond motifs is 5.